The summed E-state index contributed by atoms with van der Waals surface area (Å²) in [6.45, 7) is 6.01. The Morgan fingerprint density at radius 3 is 2.80 bits per heavy atom. The van der Waals surface area contributed by atoms with Crippen molar-refractivity contribution in [2.24, 2.45) is 0 Å². The van der Waals surface area contributed by atoms with Gasteiger partial charge in [0.1, 0.15) is 0 Å². The van der Waals surface area contributed by atoms with Crippen LogP contribution in [0.2, 0.25) is 0 Å². The molecule has 1 saturated heterocycles. The minimum absolute atomic E-state index is 0.149. The van der Waals surface area contributed by atoms with Crippen molar-refractivity contribution >= 4 is 27.2 Å². The molecule has 1 aliphatic rings. The van der Waals surface area contributed by atoms with Crippen LogP contribution in [0.3, 0.4) is 0 Å². The van der Waals surface area contributed by atoms with Crippen molar-refractivity contribution in [1.82, 2.24) is 10.6 Å². The Bertz CT molecular complexity index is 364. The van der Waals surface area contributed by atoms with Crippen LogP contribution in [0.15, 0.2) is 12.7 Å². The van der Waals surface area contributed by atoms with Gasteiger partial charge in [-0.15, -0.1) is 6.58 Å². The largest absolute Gasteiger partial charge is 0.359 e. The van der Waals surface area contributed by atoms with Gasteiger partial charge in [0.2, 0.25) is 0 Å². The summed E-state index contributed by atoms with van der Waals surface area (Å²) in [4.78, 5) is 0. The van der Waals surface area contributed by atoms with Gasteiger partial charge in [0.25, 0.3) is 0 Å². The zero-order valence-electron chi connectivity index (χ0n) is 8.75. The third kappa shape index (κ3) is 3.79. The highest BCUT2D eigenvalue weighted by Crippen LogP contribution is 2.22. The molecule has 0 unspecified atom stereocenters. The fraction of sp³-hybridized carbons (Fsp3) is 0.667. The Morgan fingerprint density at radius 2 is 2.33 bits per heavy atom. The summed E-state index contributed by atoms with van der Waals surface area (Å²) >= 11 is 5.04. The lowest BCUT2D eigenvalue weighted by Crippen LogP contribution is -2.50. The molecule has 6 heteroatoms. The van der Waals surface area contributed by atoms with Gasteiger partial charge in [0, 0.05) is 6.54 Å². The number of sulfone groups is 1. The highest BCUT2D eigenvalue weighted by Gasteiger charge is 2.38. The van der Waals surface area contributed by atoms with Gasteiger partial charge < -0.3 is 10.6 Å². The Balaban J connectivity index is 2.51. The first-order valence-electron chi connectivity index (χ1n) is 4.74. The summed E-state index contributed by atoms with van der Waals surface area (Å²) in [5.74, 6) is 0.385. The summed E-state index contributed by atoms with van der Waals surface area (Å²) < 4.78 is 22.6. The molecule has 0 spiro atoms. The van der Waals surface area contributed by atoms with E-state index in [1.54, 1.807) is 6.08 Å². The molecule has 15 heavy (non-hydrogen) atoms. The Hall–Kier alpha value is -0.620. The third-order valence-electron chi connectivity index (χ3n) is 2.33. The molecule has 0 aliphatic carbocycles. The third-order valence-corrected chi connectivity index (χ3v) is 4.48. The zero-order valence-corrected chi connectivity index (χ0v) is 10.4. The maximum Gasteiger partial charge on any atom is 0.166 e. The molecular weight excluding hydrogens is 232 g/mol. The van der Waals surface area contributed by atoms with Crippen LogP contribution in [0.4, 0.5) is 0 Å². The molecule has 0 bridgehead atoms. The van der Waals surface area contributed by atoms with Crippen LogP contribution < -0.4 is 10.6 Å². The highest BCUT2D eigenvalue weighted by molar-refractivity contribution is 7.91. The SMILES string of the molecule is C=CCNC(=S)N[C@]1(C)CCS(=O)(=O)C1. The topological polar surface area (TPSA) is 58.2 Å². The van der Waals surface area contributed by atoms with E-state index in [-0.39, 0.29) is 11.5 Å². The fourth-order valence-electron chi connectivity index (χ4n) is 1.59. The van der Waals surface area contributed by atoms with E-state index in [9.17, 15) is 8.42 Å². The normalized spacial score (nSPS) is 28.3. The number of hydrogen-bond acceptors (Lipinski definition) is 3. The van der Waals surface area contributed by atoms with E-state index < -0.39 is 15.4 Å². The molecule has 86 valence electrons. The standard InChI is InChI=1S/C9H16N2O2S2/c1-3-5-10-8(14)11-9(2)4-6-15(12,13)7-9/h3H,1,4-7H2,2H3,(H2,10,11,14)/t9-/m1/s1. The van der Waals surface area contributed by atoms with Gasteiger partial charge in [-0.2, -0.15) is 0 Å². The van der Waals surface area contributed by atoms with Gasteiger partial charge >= 0.3 is 0 Å². The summed E-state index contributed by atoms with van der Waals surface area (Å²) in [5.41, 5.74) is -0.427. The van der Waals surface area contributed by atoms with E-state index in [4.69, 9.17) is 12.2 Å². The monoisotopic (exact) mass is 248 g/mol. The lowest BCUT2D eigenvalue weighted by Gasteiger charge is -2.25. The van der Waals surface area contributed by atoms with Crippen molar-refractivity contribution in [3.63, 3.8) is 0 Å². The van der Waals surface area contributed by atoms with Crippen molar-refractivity contribution in [1.29, 1.82) is 0 Å². The lowest BCUT2D eigenvalue weighted by atomic mass is 10.0. The molecule has 1 aliphatic heterocycles. The molecule has 0 radical (unpaired) electrons. The first-order valence-corrected chi connectivity index (χ1v) is 6.97. The molecule has 1 fully saturated rings. The minimum atomic E-state index is -2.89. The Morgan fingerprint density at radius 1 is 1.67 bits per heavy atom. The molecular formula is C9H16N2O2S2. The maximum atomic E-state index is 11.3. The second-order valence-electron chi connectivity index (χ2n) is 4.03. The highest BCUT2D eigenvalue weighted by atomic mass is 32.2. The number of hydrogen-bond donors (Lipinski definition) is 2. The molecule has 1 heterocycles. The second-order valence-corrected chi connectivity index (χ2v) is 6.62. The molecule has 4 nitrogen and oxygen atoms in total. The van der Waals surface area contributed by atoms with E-state index in [2.05, 4.69) is 17.2 Å². The lowest BCUT2D eigenvalue weighted by molar-refractivity contribution is 0.469. The van der Waals surface area contributed by atoms with Crippen molar-refractivity contribution < 1.29 is 8.42 Å². The van der Waals surface area contributed by atoms with Gasteiger partial charge in [-0.25, -0.2) is 8.42 Å². The fourth-order valence-corrected chi connectivity index (χ4v) is 4.02. The van der Waals surface area contributed by atoms with Crippen LogP contribution >= 0.6 is 12.2 Å². The average molecular weight is 248 g/mol. The van der Waals surface area contributed by atoms with Gasteiger partial charge in [-0.3, -0.25) is 0 Å². The quantitative estimate of drug-likeness (QED) is 0.552. The molecule has 0 aromatic carbocycles. The summed E-state index contributed by atoms with van der Waals surface area (Å²) in [5, 5.41) is 6.44. The van der Waals surface area contributed by atoms with E-state index in [0.29, 0.717) is 18.1 Å². The van der Waals surface area contributed by atoms with Gasteiger partial charge in [-0.05, 0) is 25.6 Å². The summed E-state index contributed by atoms with van der Waals surface area (Å²) in [6.07, 6.45) is 2.30. The van der Waals surface area contributed by atoms with Crippen LogP contribution in [-0.2, 0) is 9.84 Å². The number of rotatable bonds is 3. The predicted molar refractivity (Wildman–Crippen MR) is 65.6 cm³/mol. The zero-order chi connectivity index (χ0) is 11.5. The van der Waals surface area contributed by atoms with Crippen LogP contribution in [0.5, 0.6) is 0 Å². The van der Waals surface area contributed by atoms with Crippen molar-refractivity contribution in [2.45, 2.75) is 18.9 Å². The maximum absolute atomic E-state index is 11.3. The Kier molecular flexibility index (Phi) is 3.72. The minimum Gasteiger partial charge on any atom is -0.359 e. The van der Waals surface area contributed by atoms with Crippen molar-refractivity contribution in [2.75, 3.05) is 18.1 Å². The van der Waals surface area contributed by atoms with Crippen LogP contribution in [0.25, 0.3) is 0 Å². The number of thiocarbonyl (C=S) groups is 1. The predicted octanol–water partition coefficient (Wildman–Crippen LogP) is 0.214. The first-order chi connectivity index (χ1) is 6.87. The van der Waals surface area contributed by atoms with E-state index in [1.807, 2.05) is 6.92 Å². The first kappa shape index (κ1) is 12.4. The Labute approximate surface area is 96.0 Å². The molecule has 0 saturated carbocycles. The van der Waals surface area contributed by atoms with E-state index in [1.165, 1.54) is 0 Å². The van der Waals surface area contributed by atoms with Gasteiger partial charge in [0.05, 0.1) is 17.0 Å². The van der Waals surface area contributed by atoms with Crippen LogP contribution in [0.1, 0.15) is 13.3 Å². The molecule has 0 aromatic heterocycles. The van der Waals surface area contributed by atoms with E-state index >= 15 is 0 Å². The van der Waals surface area contributed by atoms with Crippen LogP contribution in [0, 0.1) is 0 Å². The van der Waals surface area contributed by atoms with Crippen LogP contribution in [-0.4, -0.2) is 37.1 Å². The summed E-state index contributed by atoms with van der Waals surface area (Å²) in [7, 11) is -2.89. The van der Waals surface area contributed by atoms with Gasteiger partial charge in [-0.1, -0.05) is 6.08 Å². The molecule has 2 N–H and O–H groups in total. The molecule has 1 rings (SSSR count). The van der Waals surface area contributed by atoms with Crippen molar-refractivity contribution in [3.05, 3.63) is 12.7 Å². The van der Waals surface area contributed by atoms with Crippen molar-refractivity contribution in [3.8, 4) is 0 Å². The molecule has 0 aromatic rings. The summed E-state index contributed by atoms with van der Waals surface area (Å²) in [6, 6.07) is 0. The number of nitrogens with one attached hydrogen (secondary N) is 2. The van der Waals surface area contributed by atoms with Gasteiger partial charge in [0.15, 0.2) is 14.9 Å². The average Bonchev–Trinajstić information content (AvgIpc) is 2.37. The molecule has 1 atom stereocenters. The van der Waals surface area contributed by atoms with E-state index in [0.717, 1.165) is 0 Å². The second kappa shape index (κ2) is 4.49. The molecule has 0 amide bonds. The smallest absolute Gasteiger partial charge is 0.166 e.